The molecule has 7 rings (SSSR count). The molecule has 8 heteroatoms. The van der Waals surface area contributed by atoms with Crippen molar-refractivity contribution in [1.29, 1.82) is 0 Å². The molecule has 0 saturated heterocycles. The maximum absolute atomic E-state index is 13.3. The molecule has 0 spiro atoms. The average molecular weight is 596 g/mol. The largest absolute Gasteiger partial charge is 0.493 e. The van der Waals surface area contributed by atoms with Crippen molar-refractivity contribution >= 4 is 27.5 Å². The lowest BCUT2D eigenvalue weighted by Gasteiger charge is -2.30. The topological polar surface area (TPSA) is 100.0 Å². The number of fused-ring (bicyclic) bond motifs is 1. The van der Waals surface area contributed by atoms with E-state index < -0.39 is 11.7 Å². The molecule has 224 valence electrons. The van der Waals surface area contributed by atoms with E-state index in [1.165, 1.54) is 11.9 Å². The summed E-state index contributed by atoms with van der Waals surface area (Å²) in [5, 5.41) is 3.05. The van der Waals surface area contributed by atoms with E-state index in [2.05, 4.69) is 56.3 Å². The molecule has 8 nitrogen and oxygen atoms in total. The minimum atomic E-state index is -0.756. The first-order chi connectivity index (χ1) is 21.7. The molecule has 1 aliphatic heterocycles. The second kappa shape index (κ2) is 11.1. The van der Waals surface area contributed by atoms with Gasteiger partial charge in [0, 0.05) is 53.9 Å². The first kappa shape index (κ1) is 28.7. The zero-order valence-corrected chi connectivity index (χ0v) is 26.0. The van der Waals surface area contributed by atoms with Crippen LogP contribution in [-0.2, 0) is 16.0 Å². The molecule has 0 N–H and O–H groups in total. The fourth-order valence-electron chi connectivity index (χ4n) is 6.21. The van der Waals surface area contributed by atoms with Crippen LogP contribution < -0.4 is 4.74 Å². The van der Waals surface area contributed by atoms with Gasteiger partial charge in [0.25, 0.3) is 0 Å². The van der Waals surface area contributed by atoms with Crippen LogP contribution in [0.2, 0.25) is 0 Å². The van der Waals surface area contributed by atoms with E-state index in [4.69, 9.17) is 14.5 Å². The molecule has 0 fully saturated rings. The van der Waals surface area contributed by atoms with Gasteiger partial charge in [-0.25, -0.2) is 19.9 Å². The highest BCUT2D eigenvalue weighted by Crippen LogP contribution is 2.45. The Bertz CT molecular complexity index is 2080. The van der Waals surface area contributed by atoms with E-state index in [0.717, 1.165) is 72.8 Å². The van der Waals surface area contributed by atoms with Crippen LogP contribution in [-0.4, -0.2) is 42.9 Å². The first-order valence-electron chi connectivity index (χ1n) is 15.0. The lowest BCUT2D eigenvalue weighted by molar-refractivity contribution is -0.138. The third-order valence-corrected chi connectivity index (χ3v) is 8.13. The third-order valence-electron chi connectivity index (χ3n) is 8.13. The number of aromatic nitrogens is 5. The van der Waals surface area contributed by atoms with Gasteiger partial charge in [0.15, 0.2) is 11.6 Å². The van der Waals surface area contributed by atoms with Crippen LogP contribution in [0.25, 0.3) is 55.3 Å². The molecular weight excluding hydrogens is 562 g/mol. The van der Waals surface area contributed by atoms with E-state index in [1.807, 2.05) is 52.4 Å². The summed E-state index contributed by atoms with van der Waals surface area (Å²) >= 11 is 0. The lowest BCUT2D eigenvalue weighted by Crippen LogP contribution is -2.27. The maximum atomic E-state index is 13.3. The number of hydrogen-bond acceptors (Lipinski definition) is 8. The van der Waals surface area contributed by atoms with Crippen molar-refractivity contribution in [3.63, 3.8) is 0 Å². The highest BCUT2D eigenvalue weighted by Gasteiger charge is 2.31. The van der Waals surface area contributed by atoms with E-state index >= 15 is 0 Å². The van der Waals surface area contributed by atoms with Crippen LogP contribution in [0, 0.1) is 6.92 Å². The molecule has 0 amide bonds. The van der Waals surface area contributed by atoms with E-state index in [9.17, 15) is 4.79 Å². The molecule has 0 unspecified atom stereocenters. The molecule has 0 saturated carbocycles. The van der Waals surface area contributed by atoms with Crippen molar-refractivity contribution in [3.05, 3.63) is 96.5 Å². The van der Waals surface area contributed by atoms with Crippen molar-refractivity contribution < 1.29 is 14.3 Å². The molecule has 1 aliphatic rings. The molecule has 1 atom stereocenters. The lowest BCUT2D eigenvalue weighted by atomic mass is 9.84. The Balaban J connectivity index is 1.46. The Hall–Kier alpha value is -5.08. The maximum Gasteiger partial charge on any atom is 0.163 e. The summed E-state index contributed by atoms with van der Waals surface area (Å²) in [6, 6.07) is 14.6. The molecule has 0 bridgehead atoms. The van der Waals surface area contributed by atoms with Crippen LogP contribution in [0.4, 0.5) is 0 Å². The molecule has 6 aromatic rings. The Labute approximate surface area is 261 Å². The average Bonchev–Trinajstić information content (AvgIpc) is 3.03. The normalized spacial score (nSPS) is 13.5. The van der Waals surface area contributed by atoms with Gasteiger partial charge in [-0.05, 0) is 97.5 Å². The van der Waals surface area contributed by atoms with Gasteiger partial charge >= 0.3 is 0 Å². The number of ether oxygens (including phenoxy) is 2. The minimum Gasteiger partial charge on any atom is -0.493 e. The summed E-state index contributed by atoms with van der Waals surface area (Å²) in [6.07, 6.45) is 10.4. The van der Waals surface area contributed by atoms with Crippen LogP contribution >= 0.6 is 0 Å². The van der Waals surface area contributed by atoms with Crippen LogP contribution in [0.1, 0.15) is 50.5 Å². The fraction of sp³-hybridized carbons (Fsp3) is 0.243. The zero-order valence-electron chi connectivity index (χ0n) is 26.0. The number of ketones is 1. The van der Waals surface area contributed by atoms with E-state index in [-0.39, 0.29) is 5.78 Å². The van der Waals surface area contributed by atoms with Crippen molar-refractivity contribution in [1.82, 2.24) is 24.9 Å². The van der Waals surface area contributed by atoms with Crippen molar-refractivity contribution in [3.8, 4) is 39.4 Å². The summed E-state index contributed by atoms with van der Waals surface area (Å²) in [6.45, 7) is 10.2. The highest BCUT2D eigenvalue weighted by molar-refractivity contribution is 6.09. The number of carbonyl (C=O) groups excluding carboxylic acids is 1. The van der Waals surface area contributed by atoms with Gasteiger partial charge in [0.2, 0.25) is 0 Å². The Morgan fingerprint density at radius 1 is 0.911 bits per heavy atom. The van der Waals surface area contributed by atoms with E-state index in [1.54, 1.807) is 19.3 Å². The van der Waals surface area contributed by atoms with E-state index in [0.29, 0.717) is 12.4 Å². The Kier molecular flexibility index (Phi) is 7.09. The molecule has 4 heterocycles. The molecule has 45 heavy (non-hydrogen) atoms. The summed E-state index contributed by atoms with van der Waals surface area (Å²) in [5.41, 5.74) is 7.86. The van der Waals surface area contributed by atoms with Gasteiger partial charge in [0.05, 0.1) is 23.3 Å². The van der Waals surface area contributed by atoms with Gasteiger partial charge in [-0.2, -0.15) is 0 Å². The number of benzene rings is 3. The molecule has 0 radical (unpaired) electrons. The van der Waals surface area contributed by atoms with Crippen LogP contribution in [0.15, 0.2) is 79.8 Å². The van der Waals surface area contributed by atoms with Crippen LogP contribution in [0.3, 0.4) is 0 Å². The number of Topliss-reactive ketones (excluding diaryl/α,β-unsaturated/α-hetero) is 1. The van der Waals surface area contributed by atoms with Gasteiger partial charge in [0.1, 0.15) is 18.2 Å². The molecule has 0 aliphatic carbocycles. The van der Waals surface area contributed by atoms with Gasteiger partial charge < -0.3 is 9.47 Å². The Morgan fingerprint density at radius 2 is 1.69 bits per heavy atom. The van der Waals surface area contributed by atoms with Gasteiger partial charge in [-0.1, -0.05) is 18.2 Å². The SMILES string of the molecule is CC(=O)[C@@H](OC(C)(C)C)c1c(C)cc2cc(-c3cnc(-c4cncnc4)nc3)ccc2c1-c1ccc2c3c(ccnc13)CCO2. The predicted molar refractivity (Wildman–Crippen MR) is 175 cm³/mol. The summed E-state index contributed by atoms with van der Waals surface area (Å²) < 4.78 is 12.5. The number of hydrogen-bond donors (Lipinski definition) is 0. The second-order valence-corrected chi connectivity index (χ2v) is 12.5. The smallest absolute Gasteiger partial charge is 0.163 e. The first-order valence-corrected chi connectivity index (χ1v) is 15.0. The van der Waals surface area contributed by atoms with Gasteiger partial charge in [-0.15, -0.1) is 0 Å². The highest BCUT2D eigenvalue weighted by atomic mass is 16.5. The van der Waals surface area contributed by atoms with Crippen molar-refractivity contribution in [2.75, 3.05) is 6.61 Å². The number of aryl methyl sites for hydroxylation is 1. The quantitative estimate of drug-likeness (QED) is 0.194. The van der Waals surface area contributed by atoms with Crippen molar-refractivity contribution in [2.24, 2.45) is 0 Å². The Morgan fingerprint density at radius 3 is 2.42 bits per heavy atom. The summed E-state index contributed by atoms with van der Waals surface area (Å²) in [4.78, 5) is 35.5. The van der Waals surface area contributed by atoms with Gasteiger partial charge in [-0.3, -0.25) is 9.78 Å². The van der Waals surface area contributed by atoms with Crippen LogP contribution in [0.5, 0.6) is 5.75 Å². The predicted octanol–water partition coefficient (Wildman–Crippen LogP) is 7.66. The number of nitrogens with zero attached hydrogens (tertiary/aromatic N) is 5. The standard InChI is InChI=1S/C37H33N5O3/c1-21-14-25-15-24(26-18-41-36(42-19-26)27-16-38-20-39-17-27)6-7-28(25)33(31(21)35(22(2)43)45-37(3,4)5)29-8-9-30-32-23(11-13-44-30)10-12-40-34(29)32/h6-10,12,14-20,35H,11,13H2,1-5H3/t35-/m1/s1. The fourth-order valence-corrected chi connectivity index (χ4v) is 6.21. The third kappa shape index (κ3) is 5.31. The summed E-state index contributed by atoms with van der Waals surface area (Å²) in [7, 11) is 0. The zero-order chi connectivity index (χ0) is 31.3. The number of rotatable bonds is 6. The monoisotopic (exact) mass is 595 g/mol. The molecule has 3 aromatic carbocycles. The summed E-state index contributed by atoms with van der Waals surface area (Å²) in [5.74, 6) is 1.35. The van der Waals surface area contributed by atoms with Crippen molar-refractivity contribution in [2.45, 2.75) is 52.7 Å². The minimum absolute atomic E-state index is 0.0506. The number of pyridine rings is 1. The number of carbonyl (C=O) groups is 1. The molecule has 3 aromatic heterocycles. The molecular formula is C37H33N5O3. The second-order valence-electron chi connectivity index (χ2n) is 12.5.